The number of carbonyl (C=O) groups is 1. The molecule has 2 atom stereocenters. The number of rotatable bonds is 5. The number of piperidine rings is 1. The third-order valence-electron chi connectivity index (χ3n) is 4.68. The Morgan fingerprint density at radius 1 is 1.39 bits per heavy atom. The lowest BCUT2D eigenvalue weighted by Crippen LogP contribution is -2.50. The van der Waals surface area contributed by atoms with Crippen LogP contribution in [0.4, 0.5) is 10.5 Å². The van der Waals surface area contributed by atoms with Crippen molar-refractivity contribution in [1.29, 1.82) is 0 Å². The molecule has 128 valence electrons. The predicted octanol–water partition coefficient (Wildman–Crippen LogP) is 3.40. The van der Waals surface area contributed by atoms with Crippen molar-refractivity contribution in [3.63, 3.8) is 0 Å². The maximum absolute atomic E-state index is 12.5. The van der Waals surface area contributed by atoms with Gasteiger partial charge in [0.25, 0.3) is 0 Å². The van der Waals surface area contributed by atoms with Crippen molar-refractivity contribution in [2.24, 2.45) is 5.92 Å². The number of benzene rings is 1. The molecule has 1 heterocycles. The Labute approximate surface area is 144 Å². The van der Waals surface area contributed by atoms with E-state index in [1.165, 1.54) is 5.56 Å². The molecule has 2 rings (SSSR count). The molecule has 0 bridgehead atoms. The van der Waals surface area contributed by atoms with Crippen LogP contribution in [0.1, 0.15) is 18.9 Å². The Bertz CT molecular complexity index is 505. The smallest absolute Gasteiger partial charge is 0.321 e. The highest BCUT2D eigenvalue weighted by Crippen LogP contribution is 2.21. The normalized spacial score (nSPS) is 21.9. The van der Waals surface area contributed by atoms with Crippen molar-refractivity contribution in [3.8, 4) is 0 Å². The second kappa shape index (κ2) is 8.60. The highest BCUT2D eigenvalue weighted by molar-refractivity contribution is 7.98. The van der Waals surface area contributed by atoms with Gasteiger partial charge >= 0.3 is 6.03 Å². The lowest BCUT2D eigenvalue weighted by molar-refractivity contribution is 0.113. The van der Waals surface area contributed by atoms with Crippen molar-refractivity contribution in [2.75, 3.05) is 44.5 Å². The molecule has 23 heavy (non-hydrogen) atoms. The van der Waals surface area contributed by atoms with E-state index in [0.717, 1.165) is 37.4 Å². The van der Waals surface area contributed by atoms with Crippen LogP contribution in [-0.4, -0.2) is 61.1 Å². The molecule has 0 radical (unpaired) electrons. The van der Waals surface area contributed by atoms with Gasteiger partial charge in [-0.2, -0.15) is 11.8 Å². The summed E-state index contributed by atoms with van der Waals surface area (Å²) in [5.74, 6) is 1.63. The van der Waals surface area contributed by atoms with Crippen LogP contribution in [0.5, 0.6) is 0 Å². The zero-order chi connectivity index (χ0) is 16.8. The third kappa shape index (κ3) is 5.15. The van der Waals surface area contributed by atoms with E-state index < -0.39 is 0 Å². The standard InChI is InChI=1S/C18H29N3OS/c1-14-13-20(2)11-9-17(14)21(3)18(22)19-16-7-5-15(6-8-16)10-12-23-4/h5-8,14,17H,9-13H2,1-4H3,(H,19,22). The van der Waals surface area contributed by atoms with E-state index in [9.17, 15) is 4.79 Å². The number of nitrogens with zero attached hydrogens (tertiary/aromatic N) is 2. The quantitative estimate of drug-likeness (QED) is 0.896. The van der Waals surface area contributed by atoms with Crippen molar-refractivity contribution in [3.05, 3.63) is 29.8 Å². The highest BCUT2D eigenvalue weighted by Gasteiger charge is 2.29. The van der Waals surface area contributed by atoms with Crippen LogP contribution in [0.15, 0.2) is 24.3 Å². The van der Waals surface area contributed by atoms with E-state index in [4.69, 9.17) is 0 Å². The Morgan fingerprint density at radius 2 is 2.09 bits per heavy atom. The van der Waals surface area contributed by atoms with Crippen molar-refractivity contribution in [2.45, 2.75) is 25.8 Å². The van der Waals surface area contributed by atoms with Gasteiger partial charge in [-0.3, -0.25) is 0 Å². The van der Waals surface area contributed by atoms with Crippen molar-refractivity contribution in [1.82, 2.24) is 9.80 Å². The van der Waals surface area contributed by atoms with Crippen LogP contribution in [0.3, 0.4) is 0 Å². The van der Waals surface area contributed by atoms with Gasteiger partial charge in [-0.15, -0.1) is 0 Å². The first-order chi connectivity index (χ1) is 11.0. The molecule has 0 aromatic heterocycles. The Hall–Kier alpha value is -1.20. The summed E-state index contributed by atoms with van der Waals surface area (Å²) < 4.78 is 0. The largest absolute Gasteiger partial charge is 0.324 e. The number of carbonyl (C=O) groups excluding carboxylic acids is 1. The fraction of sp³-hybridized carbons (Fsp3) is 0.611. The summed E-state index contributed by atoms with van der Waals surface area (Å²) in [7, 11) is 4.06. The molecule has 1 aliphatic rings. The first kappa shape index (κ1) is 18.1. The summed E-state index contributed by atoms with van der Waals surface area (Å²) in [6.07, 6.45) is 4.23. The number of amides is 2. The van der Waals surface area contributed by atoms with E-state index in [0.29, 0.717) is 12.0 Å². The molecular formula is C18H29N3OS. The van der Waals surface area contributed by atoms with Crippen LogP contribution in [-0.2, 0) is 6.42 Å². The number of anilines is 1. The zero-order valence-corrected chi connectivity index (χ0v) is 15.5. The van der Waals surface area contributed by atoms with Crippen molar-refractivity contribution < 1.29 is 4.79 Å². The number of hydrogen-bond donors (Lipinski definition) is 1. The van der Waals surface area contributed by atoms with Gasteiger partial charge in [0.05, 0.1) is 0 Å². The first-order valence-electron chi connectivity index (χ1n) is 8.31. The maximum atomic E-state index is 12.5. The Balaban J connectivity index is 1.90. The molecule has 1 saturated heterocycles. The minimum Gasteiger partial charge on any atom is -0.324 e. The van der Waals surface area contributed by atoms with Gasteiger partial charge in [-0.1, -0.05) is 19.1 Å². The Kier molecular flexibility index (Phi) is 6.78. The molecule has 0 aliphatic carbocycles. The molecule has 1 fully saturated rings. The summed E-state index contributed by atoms with van der Waals surface area (Å²) in [5, 5.41) is 3.02. The summed E-state index contributed by atoms with van der Waals surface area (Å²) in [6.45, 7) is 4.33. The number of urea groups is 1. The fourth-order valence-corrected chi connectivity index (χ4v) is 3.69. The van der Waals surface area contributed by atoms with Gasteiger partial charge in [-0.25, -0.2) is 4.79 Å². The number of aryl methyl sites for hydroxylation is 1. The van der Waals surface area contributed by atoms with Crippen molar-refractivity contribution >= 4 is 23.5 Å². The third-order valence-corrected chi connectivity index (χ3v) is 5.29. The second-order valence-corrected chi connectivity index (χ2v) is 7.56. The molecule has 1 aromatic carbocycles. The zero-order valence-electron chi connectivity index (χ0n) is 14.7. The van der Waals surface area contributed by atoms with Gasteiger partial charge in [-0.05, 0) is 62.1 Å². The minimum atomic E-state index is -0.0109. The monoisotopic (exact) mass is 335 g/mol. The van der Waals surface area contributed by atoms with Gasteiger partial charge in [0.15, 0.2) is 0 Å². The fourth-order valence-electron chi connectivity index (χ4n) is 3.25. The summed E-state index contributed by atoms with van der Waals surface area (Å²) >= 11 is 1.85. The molecule has 0 spiro atoms. The molecular weight excluding hydrogens is 306 g/mol. The number of thioether (sulfide) groups is 1. The number of likely N-dealkylation sites (tertiary alicyclic amines) is 1. The summed E-state index contributed by atoms with van der Waals surface area (Å²) in [5.41, 5.74) is 2.19. The van der Waals surface area contributed by atoms with Gasteiger partial charge in [0.2, 0.25) is 0 Å². The van der Waals surface area contributed by atoms with E-state index in [2.05, 4.69) is 42.6 Å². The van der Waals surface area contributed by atoms with Crippen LogP contribution in [0.25, 0.3) is 0 Å². The summed E-state index contributed by atoms with van der Waals surface area (Å²) in [6, 6.07) is 8.50. The molecule has 4 nitrogen and oxygen atoms in total. The Morgan fingerprint density at radius 3 is 2.70 bits per heavy atom. The lowest BCUT2D eigenvalue weighted by Gasteiger charge is -2.39. The van der Waals surface area contributed by atoms with E-state index >= 15 is 0 Å². The van der Waals surface area contributed by atoms with Crippen LogP contribution >= 0.6 is 11.8 Å². The highest BCUT2D eigenvalue weighted by atomic mass is 32.2. The average molecular weight is 336 g/mol. The summed E-state index contributed by atoms with van der Waals surface area (Å²) in [4.78, 5) is 16.7. The first-order valence-corrected chi connectivity index (χ1v) is 9.71. The molecule has 0 saturated carbocycles. The minimum absolute atomic E-state index is 0.0109. The van der Waals surface area contributed by atoms with Gasteiger partial charge < -0.3 is 15.1 Å². The van der Waals surface area contributed by atoms with E-state index in [-0.39, 0.29) is 6.03 Å². The number of hydrogen-bond acceptors (Lipinski definition) is 3. The molecule has 5 heteroatoms. The van der Waals surface area contributed by atoms with Crippen LogP contribution < -0.4 is 5.32 Å². The average Bonchev–Trinajstić information content (AvgIpc) is 2.53. The second-order valence-electron chi connectivity index (χ2n) is 6.58. The predicted molar refractivity (Wildman–Crippen MR) is 100 cm³/mol. The number of nitrogens with one attached hydrogen (secondary N) is 1. The molecule has 1 N–H and O–H groups in total. The van der Waals surface area contributed by atoms with Gasteiger partial charge in [0, 0.05) is 25.3 Å². The van der Waals surface area contributed by atoms with Crippen LogP contribution in [0, 0.1) is 5.92 Å². The van der Waals surface area contributed by atoms with Gasteiger partial charge in [0.1, 0.15) is 0 Å². The van der Waals surface area contributed by atoms with E-state index in [1.807, 2.05) is 35.8 Å². The molecule has 1 aromatic rings. The maximum Gasteiger partial charge on any atom is 0.321 e. The molecule has 2 amide bonds. The topological polar surface area (TPSA) is 35.6 Å². The SMILES string of the molecule is CSCCc1ccc(NC(=O)N(C)C2CCN(C)CC2C)cc1. The van der Waals surface area contributed by atoms with Crippen LogP contribution in [0.2, 0.25) is 0 Å². The molecule has 1 aliphatic heterocycles. The van der Waals surface area contributed by atoms with E-state index in [1.54, 1.807) is 0 Å². The molecule has 2 unspecified atom stereocenters. The lowest BCUT2D eigenvalue weighted by atomic mass is 9.93.